The molecule has 1 atom stereocenters. The summed E-state index contributed by atoms with van der Waals surface area (Å²) in [4.78, 5) is 11.2. The average molecular weight is 580 g/mol. The molecule has 0 N–H and O–H groups in total. The maximum atomic E-state index is 13.7. The molecule has 1 aliphatic rings. The van der Waals surface area contributed by atoms with Gasteiger partial charge in [0.2, 0.25) is 0 Å². The molecule has 0 radical (unpaired) electrons. The van der Waals surface area contributed by atoms with Crippen molar-refractivity contribution in [3.8, 4) is 5.75 Å². The molecule has 0 amide bonds. The van der Waals surface area contributed by atoms with Crippen LogP contribution in [-0.4, -0.2) is 34.1 Å². The monoisotopic (exact) mass is 579 g/mol. The number of anilines is 1. The Morgan fingerprint density at radius 2 is 1.87 bits per heavy atom. The van der Waals surface area contributed by atoms with E-state index in [2.05, 4.69) is 4.74 Å². The third-order valence-electron chi connectivity index (χ3n) is 6.24. The zero-order chi connectivity index (χ0) is 28.4. The molecule has 3 aromatic rings. The summed E-state index contributed by atoms with van der Waals surface area (Å²) < 4.78 is 79.3. The van der Waals surface area contributed by atoms with Crippen molar-refractivity contribution >= 4 is 44.9 Å². The van der Waals surface area contributed by atoms with E-state index in [4.69, 9.17) is 16.3 Å². The molecule has 0 spiro atoms. The molecule has 39 heavy (non-hydrogen) atoms. The van der Waals surface area contributed by atoms with Crippen LogP contribution in [0, 0.1) is 0 Å². The molecular weight excluding hydrogens is 555 g/mol. The van der Waals surface area contributed by atoms with Gasteiger partial charge >= 0.3 is 12.1 Å². The number of carbonyl (C=O) groups is 1. The maximum Gasteiger partial charge on any atom is 0.416 e. The first kappa shape index (κ1) is 28.5. The molecule has 0 saturated carbocycles. The van der Waals surface area contributed by atoms with Crippen molar-refractivity contribution < 1.29 is 35.9 Å². The van der Waals surface area contributed by atoms with Crippen LogP contribution in [0.4, 0.5) is 18.9 Å². The van der Waals surface area contributed by atoms with Gasteiger partial charge in [0.1, 0.15) is 11.9 Å². The number of benzene rings is 3. The van der Waals surface area contributed by atoms with Gasteiger partial charge in [-0.1, -0.05) is 48.0 Å². The quantitative estimate of drug-likeness (QED) is 0.227. The minimum absolute atomic E-state index is 0.0220. The van der Waals surface area contributed by atoms with Gasteiger partial charge in [-0.15, -0.1) is 0 Å². The van der Waals surface area contributed by atoms with E-state index in [1.165, 1.54) is 7.11 Å². The van der Waals surface area contributed by atoms with E-state index in [0.717, 1.165) is 33.6 Å². The highest BCUT2D eigenvalue weighted by Gasteiger charge is 2.37. The lowest BCUT2D eigenvalue weighted by Gasteiger charge is -2.35. The summed E-state index contributed by atoms with van der Waals surface area (Å²) in [5.74, 6) is -0.272. The number of allylic oxidation sites excluding steroid dienone is 1. The van der Waals surface area contributed by atoms with Crippen molar-refractivity contribution in [1.82, 2.24) is 0 Å². The third kappa shape index (κ3) is 6.39. The van der Waals surface area contributed by atoms with E-state index in [1.54, 1.807) is 24.3 Å². The molecule has 1 aliphatic heterocycles. The van der Waals surface area contributed by atoms with Crippen LogP contribution in [0.3, 0.4) is 0 Å². The minimum Gasteiger partial charge on any atom is -0.486 e. The molecule has 206 valence electrons. The molecule has 4 rings (SSSR count). The van der Waals surface area contributed by atoms with Gasteiger partial charge in [-0.05, 0) is 66.4 Å². The van der Waals surface area contributed by atoms with Crippen LogP contribution in [0.5, 0.6) is 5.75 Å². The van der Waals surface area contributed by atoms with Crippen LogP contribution in [0.15, 0.2) is 71.6 Å². The van der Waals surface area contributed by atoms with Gasteiger partial charge in [-0.25, -0.2) is 8.42 Å². The molecule has 3 aromatic carbocycles. The van der Waals surface area contributed by atoms with Gasteiger partial charge in [0, 0.05) is 11.4 Å². The summed E-state index contributed by atoms with van der Waals surface area (Å²) in [5, 5.41) is 0.551. The van der Waals surface area contributed by atoms with Crippen molar-refractivity contribution in [2.45, 2.75) is 36.9 Å². The lowest BCUT2D eigenvalue weighted by molar-refractivity contribution is -0.141. The number of esters is 1. The van der Waals surface area contributed by atoms with Gasteiger partial charge in [0.05, 0.1) is 29.8 Å². The van der Waals surface area contributed by atoms with E-state index >= 15 is 0 Å². The molecule has 6 nitrogen and oxygen atoms in total. The highest BCUT2D eigenvalue weighted by molar-refractivity contribution is 7.92. The standard InChI is InChI=1S/C28H25ClF3NO5S/c1-18(23-8-3-4-9-24(23)29)14-19-10-12-26-25(15-19)33(17-21(38-26)11-13-27(34)37-2)39(35,36)22-7-5-6-20(16-22)28(30,31)32/h3-10,12,14-16,21H,11,13,17H2,1-2H3/b18-14+. The fraction of sp³-hybridized carbons (Fsp3) is 0.250. The number of alkyl halides is 3. The number of carbonyl (C=O) groups excluding carboxylic acids is 1. The highest BCUT2D eigenvalue weighted by atomic mass is 35.5. The van der Waals surface area contributed by atoms with Gasteiger partial charge in [-0.3, -0.25) is 9.10 Å². The van der Waals surface area contributed by atoms with Gasteiger partial charge in [0.25, 0.3) is 10.0 Å². The highest BCUT2D eigenvalue weighted by Crippen LogP contribution is 2.40. The van der Waals surface area contributed by atoms with Crippen molar-refractivity contribution in [3.05, 3.63) is 88.4 Å². The van der Waals surface area contributed by atoms with E-state index in [1.807, 2.05) is 31.2 Å². The molecule has 1 unspecified atom stereocenters. The van der Waals surface area contributed by atoms with Crippen molar-refractivity contribution in [2.75, 3.05) is 18.0 Å². The van der Waals surface area contributed by atoms with Crippen molar-refractivity contribution in [3.63, 3.8) is 0 Å². The maximum absolute atomic E-state index is 13.7. The SMILES string of the molecule is COC(=O)CCC1CN(S(=O)(=O)c2cccc(C(F)(F)F)c2)c2cc(/C=C(\C)c3ccccc3Cl)ccc2O1. The Balaban J connectivity index is 1.77. The number of hydrogen-bond donors (Lipinski definition) is 0. The molecule has 0 bridgehead atoms. The van der Waals surface area contributed by atoms with Crippen LogP contribution in [0.1, 0.15) is 36.5 Å². The first-order valence-corrected chi connectivity index (χ1v) is 13.7. The van der Waals surface area contributed by atoms with Crippen LogP contribution in [-0.2, 0) is 25.7 Å². The summed E-state index contributed by atoms with van der Waals surface area (Å²) in [6, 6.07) is 15.8. The fourth-order valence-electron chi connectivity index (χ4n) is 4.25. The molecule has 0 aliphatic carbocycles. The largest absolute Gasteiger partial charge is 0.486 e. The van der Waals surface area contributed by atoms with Gasteiger partial charge in [0.15, 0.2) is 0 Å². The van der Waals surface area contributed by atoms with Crippen LogP contribution in [0.25, 0.3) is 11.6 Å². The molecule has 1 heterocycles. The van der Waals surface area contributed by atoms with Gasteiger partial charge < -0.3 is 9.47 Å². The molecular formula is C28H25ClF3NO5S. The smallest absolute Gasteiger partial charge is 0.416 e. The topological polar surface area (TPSA) is 72.9 Å². The lowest BCUT2D eigenvalue weighted by Crippen LogP contribution is -2.43. The summed E-state index contributed by atoms with van der Waals surface area (Å²) in [6.07, 6.45) is -3.51. The number of nitrogens with zero attached hydrogens (tertiary/aromatic N) is 1. The summed E-state index contributed by atoms with van der Waals surface area (Å²) >= 11 is 6.31. The number of rotatable bonds is 7. The Hall–Kier alpha value is -3.50. The van der Waals surface area contributed by atoms with Crippen molar-refractivity contribution in [1.29, 1.82) is 0 Å². The Morgan fingerprint density at radius 3 is 2.56 bits per heavy atom. The number of fused-ring (bicyclic) bond motifs is 1. The number of halogens is 4. The summed E-state index contributed by atoms with van der Waals surface area (Å²) in [5.41, 5.74) is 1.34. The Bertz CT molecular complexity index is 1520. The number of hydrogen-bond acceptors (Lipinski definition) is 5. The van der Waals surface area contributed by atoms with Gasteiger partial charge in [-0.2, -0.15) is 13.2 Å². The van der Waals surface area contributed by atoms with Crippen LogP contribution < -0.4 is 9.04 Å². The fourth-order valence-corrected chi connectivity index (χ4v) is 6.08. The second-order valence-electron chi connectivity index (χ2n) is 8.95. The second kappa shape index (κ2) is 11.3. The minimum atomic E-state index is -4.72. The lowest BCUT2D eigenvalue weighted by atomic mass is 10.0. The predicted octanol–water partition coefficient (Wildman–Crippen LogP) is 6.83. The number of ether oxygens (including phenoxy) is 2. The Morgan fingerprint density at radius 1 is 1.13 bits per heavy atom. The summed E-state index contributed by atoms with van der Waals surface area (Å²) in [7, 11) is -3.20. The molecule has 0 aromatic heterocycles. The van der Waals surface area contributed by atoms with E-state index < -0.39 is 38.7 Å². The van der Waals surface area contributed by atoms with Crippen LogP contribution in [0.2, 0.25) is 5.02 Å². The van der Waals surface area contributed by atoms with E-state index in [-0.39, 0.29) is 30.8 Å². The summed E-state index contributed by atoms with van der Waals surface area (Å²) in [6.45, 7) is 1.65. The first-order chi connectivity index (χ1) is 18.4. The van der Waals surface area contributed by atoms with E-state index in [9.17, 15) is 26.4 Å². The Kier molecular flexibility index (Phi) is 8.27. The normalized spacial score (nSPS) is 15.9. The zero-order valence-corrected chi connectivity index (χ0v) is 22.6. The van der Waals surface area contributed by atoms with E-state index in [0.29, 0.717) is 16.7 Å². The van der Waals surface area contributed by atoms with Crippen LogP contribution >= 0.6 is 11.6 Å². The van der Waals surface area contributed by atoms with Crippen molar-refractivity contribution in [2.24, 2.45) is 0 Å². The number of sulfonamides is 1. The predicted molar refractivity (Wildman–Crippen MR) is 143 cm³/mol. The first-order valence-electron chi connectivity index (χ1n) is 11.9. The third-order valence-corrected chi connectivity index (χ3v) is 8.35. The molecule has 0 saturated heterocycles. The average Bonchev–Trinajstić information content (AvgIpc) is 2.91. The zero-order valence-electron chi connectivity index (χ0n) is 21.0. The molecule has 0 fully saturated rings. The Labute approximate surface area is 229 Å². The number of methoxy groups -OCH3 is 1. The molecule has 11 heteroatoms. The second-order valence-corrected chi connectivity index (χ2v) is 11.2.